The van der Waals surface area contributed by atoms with Crippen LogP contribution >= 0.6 is 0 Å². The third-order valence-corrected chi connectivity index (χ3v) is 5.19. The molecule has 1 N–H and O–H groups in total. The quantitative estimate of drug-likeness (QED) is 0.579. The Labute approximate surface area is 181 Å². The zero-order chi connectivity index (χ0) is 22.3. The van der Waals surface area contributed by atoms with Crippen LogP contribution in [-0.2, 0) is 41.8 Å². The van der Waals surface area contributed by atoms with Crippen LogP contribution in [0.25, 0.3) is 0 Å². The molecule has 2 aromatic carbocycles. The average Bonchev–Trinajstić information content (AvgIpc) is 2.97. The first-order valence-corrected chi connectivity index (χ1v) is 10.2. The van der Waals surface area contributed by atoms with Crippen molar-refractivity contribution in [1.82, 2.24) is 0 Å². The van der Waals surface area contributed by atoms with Crippen molar-refractivity contribution in [3.05, 3.63) is 71.8 Å². The fourth-order valence-corrected chi connectivity index (χ4v) is 3.82. The van der Waals surface area contributed by atoms with E-state index in [0.29, 0.717) is 6.61 Å². The molecule has 7 heteroatoms. The van der Waals surface area contributed by atoms with Gasteiger partial charge < -0.3 is 24.1 Å². The Bertz CT molecular complexity index is 855. The molecule has 0 aliphatic carbocycles. The molecule has 0 aromatic heterocycles. The van der Waals surface area contributed by atoms with Crippen LogP contribution in [0.4, 0.5) is 0 Å². The molecule has 0 saturated carbocycles. The van der Waals surface area contributed by atoms with Gasteiger partial charge >= 0.3 is 11.9 Å². The second kappa shape index (κ2) is 10.5. The number of carbonyl (C=O) groups is 2. The summed E-state index contributed by atoms with van der Waals surface area (Å²) in [6.07, 6.45) is -1.94. The molecule has 1 aliphatic rings. The van der Waals surface area contributed by atoms with Crippen LogP contribution < -0.4 is 0 Å². The normalized spacial score (nSPS) is 25.3. The lowest BCUT2D eigenvalue weighted by molar-refractivity contribution is -0.202. The maximum Gasteiger partial charge on any atom is 0.304 e. The van der Waals surface area contributed by atoms with Crippen molar-refractivity contribution in [1.29, 1.82) is 0 Å². The van der Waals surface area contributed by atoms with Crippen LogP contribution in [0.1, 0.15) is 31.4 Å². The van der Waals surface area contributed by atoms with Crippen molar-refractivity contribution in [3.63, 3.8) is 0 Å². The molecule has 0 radical (unpaired) electrons. The van der Waals surface area contributed by atoms with Gasteiger partial charge in [0.25, 0.3) is 0 Å². The van der Waals surface area contributed by atoms with Gasteiger partial charge in [-0.15, -0.1) is 0 Å². The molecule has 4 atom stereocenters. The van der Waals surface area contributed by atoms with Crippen molar-refractivity contribution < 1.29 is 33.6 Å². The van der Waals surface area contributed by atoms with Crippen LogP contribution in [0.15, 0.2) is 60.7 Å². The van der Waals surface area contributed by atoms with Gasteiger partial charge in [-0.2, -0.15) is 0 Å². The first-order chi connectivity index (χ1) is 14.9. The van der Waals surface area contributed by atoms with Crippen molar-refractivity contribution in [2.24, 2.45) is 5.92 Å². The lowest BCUT2D eigenvalue weighted by Crippen LogP contribution is -2.44. The van der Waals surface area contributed by atoms with Crippen LogP contribution in [0, 0.1) is 5.92 Å². The average molecular weight is 428 g/mol. The summed E-state index contributed by atoms with van der Waals surface area (Å²) in [5.41, 5.74) is 0.952. The summed E-state index contributed by atoms with van der Waals surface area (Å²) < 4.78 is 23.4. The Kier molecular flexibility index (Phi) is 7.79. The van der Waals surface area contributed by atoms with Gasteiger partial charge in [0.05, 0.1) is 38.3 Å². The zero-order valence-electron chi connectivity index (χ0n) is 17.7. The fourth-order valence-electron chi connectivity index (χ4n) is 3.82. The van der Waals surface area contributed by atoms with Crippen LogP contribution in [0.3, 0.4) is 0 Å². The predicted molar refractivity (Wildman–Crippen MR) is 112 cm³/mol. The van der Waals surface area contributed by atoms with Gasteiger partial charge in [0.2, 0.25) is 6.29 Å². The van der Waals surface area contributed by atoms with Gasteiger partial charge in [-0.3, -0.25) is 9.59 Å². The van der Waals surface area contributed by atoms with Crippen molar-refractivity contribution in [2.75, 3.05) is 6.61 Å². The Morgan fingerprint density at radius 3 is 2.13 bits per heavy atom. The van der Waals surface area contributed by atoms with E-state index in [1.54, 1.807) is 6.92 Å². The van der Waals surface area contributed by atoms with E-state index in [1.807, 2.05) is 60.7 Å². The summed E-state index contributed by atoms with van der Waals surface area (Å²) >= 11 is 0. The number of hydrogen-bond donors (Lipinski definition) is 1. The first kappa shape index (κ1) is 22.9. The largest absolute Gasteiger partial charge is 0.481 e. The topological polar surface area (TPSA) is 91.3 Å². The highest BCUT2D eigenvalue weighted by atomic mass is 16.7. The highest BCUT2D eigenvalue weighted by Crippen LogP contribution is 2.41. The highest BCUT2D eigenvalue weighted by molar-refractivity contribution is 5.68. The van der Waals surface area contributed by atoms with Crippen LogP contribution in [0.5, 0.6) is 0 Å². The number of rotatable bonds is 10. The molecule has 31 heavy (non-hydrogen) atoms. The summed E-state index contributed by atoms with van der Waals surface area (Å²) in [7, 11) is 0. The second-order valence-corrected chi connectivity index (χ2v) is 7.87. The molecule has 3 rings (SSSR count). The fraction of sp³-hybridized carbons (Fsp3) is 0.417. The van der Waals surface area contributed by atoms with Gasteiger partial charge in [-0.25, -0.2) is 0 Å². The molecule has 1 heterocycles. The summed E-state index contributed by atoms with van der Waals surface area (Å²) in [4.78, 5) is 23.1. The van der Waals surface area contributed by atoms with Gasteiger partial charge in [-0.1, -0.05) is 60.7 Å². The predicted octanol–water partition coefficient (Wildman–Crippen LogP) is 3.56. The lowest BCUT2D eigenvalue weighted by atomic mass is 9.89. The smallest absolute Gasteiger partial charge is 0.304 e. The molecule has 2 aromatic rings. The Balaban J connectivity index is 1.77. The molecule has 1 aliphatic heterocycles. The molecule has 1 fully saturated rings. The first-order valence-electron chi connectivity index (χ1n) is 10.2. The van der Waals surface area contributed by atoms with Gasteiger partial charge in [0.1, 0.15) is 5.60 Å². The van der Waals surface area contributed by atoms with Gasteiger partial charge in [0, 0.05) is 6.92 Å². The summed E-state index contributed by atoms with van der Waals surface area (Å²) in [5, 5.41) is 9.44. The molecule has 0 spiro atoms. The van der Waals surface area contributed by atoms with Crippen LogP contribution in [0.2, 0.25) is 0 Å². The standard InChI is InChI=1S/C24H28O7/c1-17(25)30-23-20(13-21(26)27)22(29-15-19-11-7-4-8-12-19)24(2,31-23)16-28-14-18-9-5-3-6-10-18/h3-12,20,22-23H,13-16H2,1-2H3,(H,26,27)/t20-,22+,23-,24-/m1/s1. The number of benzene rings is 2. The number of esters is 1. The number of carboxylic acids is 1. The van der Waals surface area contributed by atoms with Gasteiger partial charge in [0.15, 0.2) is 0 Å². The number of aliphatic carboxylic acids is 1. The molecule has 1 saturated heterocycles. The SMILES string of the molecule is CC(=O)O[C@@H]1O[C@](C)(COCc2ccccc2)[C@@H](OCc2ccccc2)[C@H]1CC(=O)O. The summed E-state index contributed by atoms with van der Waals surface area (Å²) in [6.45, 7) is 3.85. The van der Waals surface area contributed by atoms with E-state index in [4.69, 9.17) is 18.9 Å². The number of carbonyl (C=O) groups excluding carboxylic acids is 1. The Hall–Kier alpha value is -2.74. The third kappa shape index (κ3) is 6.37. The minimum Gasteiger partial charge on any atom is -0.481 e. The van der Waals surface area contributed by atoms with Crippen molar-refractivity contribution in [3.8, 4) is 0 Å². The number of ether oxygens (including phenoxy) is 4. The second-order valence-electron chi connectivity index (χ2n) is 7.87. The maximum atomic E-state index is 11.6. The third-order valence-electron chi connectivity index (χ3n) is 5.19. The van der Waals surface area contributed by atoms with E-state index < -0.39 is 35.9 Å². The van der Waals surface area contributed by atoms with E-state index in [9.17, 15) is 14.7 Å². The molecule has 0 unspecified atom stereocenters. The van der Waals surface area contributed by atoms with Crippen molar-refractivity contribution in [2.45, 2.75) is 51.5 Å². The van der Waals surface area contributed by atoms with E-state index in [2.05, 4.69) is 0 Å². The zero-order valence-corrected chi connectivity index (χ0v) is 17.7. The van der Waals surface area contributed by atoms with E-state index in [0.717, 1.165) is 11.1 Å². The van der Waals surface area contributed by atoms with Crippen LogP contribution in [-0.4, -0.2) is 41.6 Å². The van der Waals surface area contributed by atoms with E-state index in [1.165, 1.54) is 6.92 Å². The number of carboxylic acid groups (broad SMARTS) is 1. The molecule has 0 amide bonds. The molecule has 166 valence electrons. The molecular weight excluding hydrogens is 400 g/mol. The van der Waals surface area contributed by atoms with E-state index >= 15 is 0 Å². The minimum absolute atomic E-state index is 0.148. The Morgan fingerprint density at radius 2 is 1.58 bits per heavy atom. The number of hydrogen-bond acceptors (Lipinski definition) is 6. The van der Waals surface area contributed by atoms with E-state index in [-0.39, 0.29) is 19.6 Å². The minimum atomic E-state index is -1.03. The molecule has 7 nitrogen and oxygen atoms in total. The Morgan fingerprint density at radius 1 is 1.00 bits per heavy atom. The molecular formula is C24H28O7. The monoisotopic (exact) mass is 428 g/mol. The molecule has 0 bridgehead atoms. The summed E-state index contributed by atoms with van der Waals surface area (Å²) in [5.74, 6) is -2.24. The van der Waals surface area contributed by atoms with Crippen molar-refractivity contribution >= 4 is 11.9 Å². The maximum absolute atomic E-state index is 11.6. The van der Waals surface area contributed by atoms with Gasteiger partial charge in [-0.05, 0) is 18.1 Å². The highest BCUT2D eigenvalue weighted by Gasteiger charge is 2.55. The summed E-state index contributed by atoms with van der Waals surface area (Å²) in [6, 6.07) is 19.3. The lowest BCUT2D eigenvalue weighted by Gasteiger charge is -2.31.